The molecule has 4 rings (SSSR count). The van der Waals surface area contributed by atoms with Crippen molar-refractivity contribution in [1.29, 1.82) is 0 Å². The van der Waals surface area contributed by atoms with Crippen molar-refractivity contribution in [3.05, 3.63) is 63.9 Å². The van der Waals surface area contributed by atoms with Crippen LogP contribution >= 0.6 is 15.9 Å². The SMILES string of the molecule is COc1ccc(C(C)NC(=O)c2nnn(-c3ccc(Br)cc3)c2C2CC2)c(OC)c1. The summed E-state index contributed by atoms with van der Waals surface area (Å²) in [5.74, 6) is 1.41. The van der Waals surface area contributed by atoms with E-state index >= 15 is 0 Å². The Morgan fingerprint density at radius 3 is 2.53 bits per heavy atom. The Morgan fingerprint density at radius 2 is 1.90 bits per heavy atom. The first kappa shape index (κ1) is 20.4. The molecule has 8 heteroatoms. The molecule has 0 saturated heterocycles. The molecule has 1 aromatic heterocycles. The number of carbonyl (C=O) groups is 1. The predicted molar refractivity (Wildman–Crippen MR) is 116 cm³/mol. The fraction of sp³-hybridized carbons (Fsp3) is 0.318. The molecule has 156 valence electrons. The van der Waals surface area contributed by atoms with Crippen molar-refractivity contribution in [3.8, 4) is 17.2 Å². The third-order valence-corrected chi connectivity index (χ3v) is 5.74. The van der Waals surface area contributed by atoms with Gasteiger partial charge in [0.1, 0.15) is 11.5 Å². The number of benzene rings is 2. The van der Waals surface area contributed by atoms with Crippen molar-refractivity contribution < 1.29 is 14.3 Å². The number of ether oxygens (including phenoxy) is 2. The number of nitrogens with one attached hydrogen (secondary N) is 1. The molecule has 1 atom stereocenters. The van der Waals surface area contributed by atoms with Crippen molar-refractivity contribution in [2.75, 3.05) is 14.2 Å². The highest BCUT2D eigenvalue weighted by atomic mass is 79.9. The first-order chi connectivity index (χ1) is 14.5. The van der Waals surface area contributed by atoms with Crippen LogP contribution in [0.3, 0.4) is 0 Å². The molecule has 0 aliphatic heterocycles. The van der Waals surface area contributed by atoms with Crippen molar-refractivity contribution in [2.45, 2.75) is 31.7 Å². The number of amides is 1. The average Bonchev–Trinajstić information content (AvgIpc) is 3.51. The molecule has 0 spiro atoms. The summed E-state index contributed by atoms with van der Waals surface area (Å²) in [7, 11) is 3.20. The van der Waals surface area contributed by atoms with Gasteiger partial charge in [0.05, 0.1) is 31.6 Å². The molecule has 7 nitrogen and oxygen atoms in total. The Balaban J connectivity index is 1.60. The van der Waals surface area contributed by atoms with Crippen LogP contribution in [-0.2, 0) is 0 Å². The van der Waals surface area contributed by atoms with Gasteiger partial charge in [-0.3, -0.25) is 4.79 Å². The zero-order valence-corrected chi connectivity index (χ0v) is 18.6. The van der Waals surface area contributed by atoms with Crippen LogP contribution in [0.2, 0.25) is 0 Å². The first-order valence-electron chi connectivity index (χ1n) is 9.76. The molecule has 1 aliphatic carbocycles. The van der Waals surface area contributed by atoms with Gasteiger partial charge in [0, 0.05) is 22.0 Å². The van der Waals surface area contributed by atoms with Crippen LogP contribution in [0.25, 0.3) is 5.69 Å². The lowest BCUT2D eigenvalue weighted by Crippen LogP contribution is -2.28. The van der Waals surface area contributed by atoms with Gasteiger partial charge < -0.3 is 14.8 Å². The minimum atomic E-state index is -0.275. The Bertz CT molecular complexity index is 1060. The van der Waals surface area contributed by atoms with E-state index < -0.39 is 0 Å². The predicted octanol–water partition coefficient (Wildman–Crippen LogP) is 4.42. The van der Waals surface area contributed by atoms with Gasteiger partial charge in [0.25, 0.3) is 5.91 Å². The average molecular weight is 471 g/mol. The quantitative estimate of drug-likeness (QED) is 0.552. The molecular formula is C22H23BrN4O3. The van der Waals surface area contributed by atoms with Gasteiger partial charge in [-0.15, -0.1) is 5.10 Å². The van der Waals surface area contributed by atoms with E-state index in [1.807, 2.05) is 43.3 Å². The second-order valence-electron chi connectivity index (χ2n) is 7.29. The fourth-order valence-electron chi connectivity index (χ4n) is 3.47. The molecule has 1 heterocycles. The second-order valence-corrected chi connectivity index (χ2v) is 8.20. The van der Waals surface area contributed by atoms with Gasteiger partial charge >= 0.3 is 0 Å². The largest absolute Gasteiger partial charge is 0.497 e. The molecule has 0 radical (unpaired) electrons. The van der Waals surface area contributed by atoms with Gasteiger partial charge in [0.2, 0.25) is 0 Å². The molecule has 1 saturated carbocycles. The monoisotopic (exact) mass is 470 g/mol. The summed E-state index contributed by atoms with van der Waals surface area (Å²) in [5.41, 5.74) is 2.99. The Hall–Kier alpha value is -2.87. The van der Waals surface area contributed by atoms with E-state index in [2.05, 4.69) is 31.6 Å². The van der Waals surface area contributed by atoms with Gasteiger partial charge in [-0.05, 0) is 56.2 Å². The molecule has 0 bridgehead atoms. The Labute approximate surface area is 183 Å². The maximum Gasteiger partial charge on any atom is 0.274 e. The maximum atomic E-state index is 13.1. The summed E-state index contributed by atoms with van der Waals surface area (Å²) < 4.78 is 13.5. The summed E-state index contributed by atoms with van der Waals surface area (Å²) in [6.07, 6.45) is 2.07. The number of halogens is 1. The lowest BCUT2D eigenvalue weighted by atomic mass is 10.1. The molecular weight excluding hydrogens is 448 g/mol. The van der Waals surface area contributed by atoms with Crippen LogP contribution in [0.1, 0.15) is 53.5 Å². The first-order valence-corrected chi connectivity index (χ1v) is 10.6. The number of carbonyl (C=O) groups excluding carboxylic acids is 1. The number of hydrogen-bond acceptors (Lipinski definition) is 5. The summed E-state index contributed by atoms with van der Waals surface area (Å²) in [4.78, 5) is 13.1. The van der Waals surface area contributed by atoms with Crippen LogP contribution in [0.5, 0.6) is 11.5 Å². The van der Waals surface area contributed by atoms with E-state index in [9.17, 15) is 4.79 Å². The van der Waals surface area contributed by atoms with Gasteiger partial charge in [-0.2, -0.15) is 0 Å². The topological polar surface area (TPSA) is 78.3 Å². The van der Waals surface area contributed by atoms with Crippen LogP contribution in [-0.4, -0.2) is 35.1 Å². The zero-order valence-electron chi connectivity index (χ0n) is 17.1. The third kappa shape index (κ3) is 4.05. The molecule has 3 aromatic rings. The minimum absolute atomic E-state index is 0.245. The smallest absolute Gasteiger partial charge is 0.274 e. The van der Waals surface area contributed by atoms with E-state index in [1.54, 1.807) is 25.0 Å². The normalized spacial score (nSPS) is 14.3. The summed E-state index contributed by atoms with van der Waals surface area (Å²) in [5, 5.41) is 11.6. The van der Waals surface area contributed by atoms with Crippen molar-refractivity contribution in [1.82, 2.24) is 20.3 Å². The van der Waals surface area contributed by atoms with E-state index in [0.717, 1.165) is 34.3 Å². The van der Waals surface area contributed by atoms with Gasteiger partial charge in [-0.1, -0.05) is 21.1 Å². The number of hydrogen-bond donors (Lipinski definition) is 1. The minimum Gasteiger partial charge on any atom is -0.497 e. The lowest BCUT2D eigenvalue weighted by Gasteiger charge is -2.18. The number of methoxy groups -OCH3 is 2. The van der Waals surface area contributed by atoms with Crippen molar-refractivity contribution in [3.63, 3.8) is 0 Å². The molecule has 1 unspecified atom stereocenters. The van der Waals surface area contributed by atoms with E-state index in [0.29, 0.717) is 23.1 Å². The standard InChI is InChI=1S/C22H23BrN4O3/c1-13(18-11-10-17(29-2)12-19(18)30-3)24-22(28)20-21(14-4-5-14)27(26-25-20)16-8-6-15(23)7-9-16/h6-14H,4-5H2,1-3H3,(H,24,28). The van der Waals surface area contributed by atoms with Gasteiger partial charge in [-0.25, -0.2) is 4.68 Å². The highest BCUT2D eigenvalue weighted by Crippen LogP contribution is 2.42. The number of nitrogens with zero attached hydrogens (tertiary/aromatic N) is 3. The molecule has 1 N–H and O–H groups in total. The molecule has 30 heavy (non-hydrogen) atoms. The summed E-state index contributed by atoms with van der Waals surface area (Å²) in [6, 6.07) is 13.1. The summed E-state index contributed by atoms with van der Waals surface area (Å²) in [6.45, 7) is 1.91. The fourth-order valence-corrected chi connectivity index (χ4v) is 3.73. The van der Waals surface area contributed by atoms with Crippen LogP contribution in [0, 0.1) is 0 Å². The highest BCUT2D eigenvalue weighted by molar-refractivity contribution is 9.10. The van der Waals surface area contributed by atoms with E-state index in [-0.39, 0.29) is 11.9 Å². The Morgan fingerprint density at radius 1 is 1.17 bits per heavy atom. The molecule has 1 fully saturated rings. The Kier molecular flexibility index (Phi) is 5.76. The second kappa shape index (κ2) is 8.47. The third-order valence-electron chi connectivity index (χ3n) is 5.21. The highest BCUT2D eigenvalue weighted by Gasteiger charge is 2.34. The van der Waals surface area contributed by atoms with E-state index in [4.69, 9.17) is 9.47 Å². The number of rotatable bonds is 7. The number of aromatic nitrogens is 3. The van der Waals surface area contributed by atoms with Crippen molar-refractivity contribution >= 4 is 21.8 Å². The van der Waals surface area contributed by atoms with Crippen LogP contribution in [0.15, 0.2) is 46.9 Å². The van der Waals surface area contributed by atoms with Crippen LogP contribution < -0.4 is 14.8 Å². The lowest BCUT2D eigenvalue weighted by molar-refractivity contribution is 0.0933. The van der Waals surface area contributed by atoms with Gasteiger partial charge in [0.15, 0.2) is 5.69 Å². The summed E-state index contributed by atoms with van der Waals surface area (Å²) >= 11 is 3.45. The van der Waals surface area contributed by atoms with Crippen molar-refractivity contribution in [2.24, 2.45) is 0 Å². The van der Waals surface area contributed by atoms with E-state index in [1.165, 1.54) is 0 Å². The maximum absolute atomic E-state index is 13.1. The zero-order chi connectivity index (χ0) is 21.3. The molecule has 1 amide bonds. The van der Waals surface area contributed by atoms with Crippen LogP contribution in [0.4, 0.5) is 0 Å². The molecule has 2 aromatic carbocycles. The molecule has 1 aliphatic rings.